The molecule has 0 bridgehead atoms. The van der Waals surface area contributed by atoms with Gasteiger partial charge in [-0.1, -0.05) is 30.5 Å². The maximum atomic E-state index is 13.3. The Morgan fingerprint density at radius 3 is 2.61 bits per heavy atom. The summed E-state index contributed by atoms with van der Waals surface area (Å²) in [6.07, 6.45) is 4.92. The first-order chi connectivity index (χ1) is 8.65. The molecule has 0 spiro atoms. The van der Waals surface area contributed by atoms with Crippen molar-refractivity contribution in [3.8, 4) is 0 Å². The molecule has 18 heavy (non-hydrogen) atoms. The van der Waals surface area contributed by atoms with Crippen LogP contribution in [0.3, 0.4) is 0 Å². The van der Waals surface area contributed by atoms with Crippen molar-refractivity contribution in [2.75, 3.05) is 12.4 Å². The molecular formula is C14H18Cl2FN. The van der Waals surface area contributed by atoms with E-state index in [1.807, 2.05) is 6.07 Å². The van der Waals surface area contributed by atoms with Crippen LogP contribution in [0.5, 0.6) is 0 Å². The number of benzene rings is 1. The van der Waals surface area contributed by atoms with E-state index in [0.717, 1.165) is 12.1 Å². The van der Waals surface area contributed by atoms with Crippen LogP contribution in [0.4, 0.5) is 4.39 Å². The first kappa shape index (κ1) is 14.1. The van der Waals surface area contributed by atoms with E-state index in [-0.39, 0.29) is 16.3 Å². The predicted octanol–water partition coefficient (Wildman–Crippen LogP) is 4.37. The van der Waals surface area contributed by atoms with Crippen LogP contribution in [0.2, 0.25) is 5.02 Å². The predicted molar refractivity (Wildman–Crippen MR) is 74.7 cm³/mol. The molecule has 100 valence electrons. The van der Waals surface area contributed by atoms with Gasteiger partial charge in [0.2, 0.25) is 0 Å². The second kappa shape index (κ2) is 6.23. The minimum Gasteiger partial charge on any atom is -0.312 e. The highest BCUT2D eigenvalue weighted by atomic mass is 35.5. The van der Waals surface area contributed by atoms with Crippen molar-refractivity contribution in [1.29, 1.82) is 0 Å². The first-order valence-electron chi connectivity index (χ1n) is 6.36. The first-order valence-corrected chi connectivity index (χ1v) is 7.27. The Morgan fingerprint density at radius 1 is 1.28 bits per heavy atom. The topological polar surface area (TPSA) is 12.0 Å². The third-order valence-electron chi connectivity index (χ3n) is 3.76. The Labute approximate surface area is 118 Å². The molecular weight excluding hydrogens is 272 g/mol. The molecule has 0 heterocycles. The molecule has 0 aliphatic heterocycles. The molecule has 0 radical (unpaired) electrons. The second-order valence-electron chi connectivity index (χ2n) is 5.19. The largest absolute Gasteiger partial charge is 0.312 e. The molecule has 0 aromatic heterocycles. The molecule has 1 fully saturated rings. The summed E-state index contributed by atoms with van der Waals surface area (Å²) < 4.78 is 13.3. The summed E-state index contributed by atoms with van der Waals surface area (Å²) in [6.45, 7) is 1.56. The molecule has 0 unspecified atom stereocenters. The third-order valence-corrected chi connectivity index (χ3v) is 4.63. The number of hydrogen-bond donors (Lipinski definition) is 1. The van der Waals surface area contributed by atoms with Gasteiger partial charge in [-0.2, -0.15) is 0 Å². The maximum absolute atomic E-state index is 13.3. The number of hydrogen-bond acceptors (Lipinski definition) is 1. The fraction of sp³-hybridized carbons (Fsp3) is 0.571. The fourth-order valence-corrected chi connectivity index (χ4v) is 3.08. The van der Waals surface area contributed by atoms with Crippen molar-refractivity contribution in [2.24, 2.45) is 5.41 Å². The fourth-order valence-electron chi connectivity index (χ4n) is 2.60. The Hall–Kier alpha value is -0.310. The normalized spacial score (nSPS) is 18.2. The molecule has 1 nitrogen and oxygen atoms in total. The second-order valence-corrected chi connectivity index (χ2v) is 5.87. The molecule has 1 aromatic rings. The van der Waals surface area contributed by atoms with E-state index in [4.69, 9.17) is 23.2 Å². The van der Waals surface area contributed by atoms with E-state index in [2.05, 4.69) is 5.32 Å². The van der Waals surface area contributed by atoms with Crippen molar-refractivity contribution >= 4 is 23.2 Å². The Balaban J connectivity index is 1.86. The van der Waals surface area contributed by atoms with Gasteiger partial charge in [0.25, 0.3) is 0 Å². The average molecular weight is 290 g/mol. The van der Waals surface area contributed by atoms with Gasteiger partial charge in [-0.15, -0.1) is 11.6 Å². The zero-order valence-electron chi connectivity index (χ0n) is 10.3. The van der Waals surface area contributed by atoms with E-state index in [0.29, 0.717) is 12.4 Å². The van der Waals surface area contributed by atoms with Crippen LogP contribution in [0.1, 0.15) is 31.2 Å². The lowest BCUT2D eigenvalue weighted by Gasteiger charge is -2.26. The highest BCUT2D eigenvalue weighted by Crippen LogP contribution is 2.38. The molecule has 0 atom stereocenters. The Morgan fingerprint density at radius 2 is 2.00 bits per heavy atom. The Bertz CT molecular complexity index is 403. The van der Waals surface area contributed by atoms with Crippen LogP contribution < -0.4 is 5.32 Å². The third kappa shape index (κ3) is 3.37. The van der Waals surface area contributed by atoms with Crippen molar-refractivity contribution in [3.63, 3.8) is 0 Å². The van der Waals surface area contributed by atoms with Gasteiger partial charge in [0.1, 0.15) is 5.82 Å². The number of rotatable bonds is 5. The van der Waals surface area contributed by atoms with Gasteiger partial charge in [-0.3, -0.25) is 0 Å². The smallest absolute Gasteiger partial charge is 0.142 e. The van der Waals surface area contributed by atoms with Gasteiger partial charge >= 0.3 is 0 Å². The van der Waals surface area contributed by atoms with E-state index < -0.39 is 0 Å². The molecule has 1 aliphatic rings. The highest BCUT2D eigenvalue weighted by molar-refractivity contribution is 6.30. The molecule has 1 N–H and O–H groups in total. The molecule has 1 aliphatic carbocycles. The molecule has 1 aromatic carbocycles. The lowest BCUT2D eigenvalue weighted by Crippen LogP contribution is -2.33. The molecule has 1 saturated carbocycles. The standard InChI is InChI=1S/C14H18Cl2FN/c15-9-14(5-1-2-6-14)10-18-8-11-3-4-12(16)13(17)7-11/h3-4,7,18H,1-2,5-6,8-10H2. The van der Waals surface area contributed by atoms with Crippen molar-refractivity contribution < 1.29 is 4.39 Å². The zero-order chi connectivity index (χ0) is 13.0. The van der Waals surface area contributed by atoms with Gasteiger partial charge in [-0.05, 0) is 36.0 Å². The molecule has 4 heteroatoms. The zero-order valence-corrected chi connectivity index (χ0v) is 11.8. The molecule has 2 rings (SSSR count). The van der Waals surface area contributed by atoms with Crippen LogP contribution in [-0.2, 0) is 6.54 Å². The number of nitrogens with one attached hydrogen (secondary N) is 1. The maximum Gasteiger partial charge on any atom is 0.142 e. The summed E-state index contributed by atoms with van der Waals surface area (Å²) in [6, 6.07) is 4.93. The average Bonchev–Trinajstić information content (AvgIpc) is 2.83. The summed E-state index contributed by atoms with van der Waals surface area (Å²) in [5.41, 5.74) is 1.16. The van der Waals surface area contributed by atoms with Crippen LogP contribution in [-0.4, -0.2) is 12.4 Å². The van der Waals surface area contributed by atoms with Crippen molar-refractivity contribution in [3.05, 3.63) is 34.6 Å². The summed E-state index contributed by atoms with van der Waals surface area (Å²) >= 11 is 11.7. The van der Waals surface area contributed by atoms with Gasteiger partial charge in [0.05, 0.1) is 5.02 Å². The Kier molecular flexibility index (Phi) is 4.88. The van der Waals surface area contributed by atoms with Crippen LogP contribution in [0.25, 0.3) is 0 Å². The van der Waals surface area contributed by atoms with Gasteiger partial charge in [0.15, 0.2) is 0 Å². The van der Waals surface area contributed by atoms with Gasteiger partial charge in [0, 0.05) is 19.0 Å². The minimum absolute atomic E-state index is 0.173. The minimum atomic E-state index is -0.358. The van der Waals surface area contributed by atoms with Crippen molar-refractivity contribution in [2.45, 2.75) is 32.2 Å². The summed E-state index contributed by atoms with van der Waals surface area (Å²) in [7, 11) is 0. The molecule has 0 amide bonds. The monoisotopic (exact) mass is 289 g/mol. The quantitative estimate of drug-likeness (QED) is 0.794. The number of halogens is 3. The van der Waals surface area contributed by atoms with E-state index in [9.17, 15) is 4.39 Å². The van der Waals surface area contributed by atoms with Crippen LogP contribution in [0.15, 0.2) is 18.2 Å². The van der Waals surface area contributed by atoms with Crippen LogP contribution in [0, 0.1) is 11.2 Å². The van der Waals surface area contributed by atoms with E-state index in [1.54, 1.807) is 6.07 Å². The van der Waals surface area contributed by atoms with Gasteiger partial charge in [-0.25, -0.2) is 4.39 Å². The van der Waals surface area contributed by atoms with E-state index >= 15 is 0 Å². The lowest BCUT2D eigenvalue weighted by molar-refractivity contribution is 0.320. The molecule has 0 saturated heterocycles. The summed E-state index contributed by atoms with van der Waals surface area (Å²) in [4.78, 5) is 0. The summed E-state index contributed by atoms with van der Waals surface area (Å²) in [5.74, 6) is 0.346. The van der Waals surface area contributed by atoms with E-state index in [1.165, 1.54) is 31.7 Å². The summed E-state index contributed by atoms with van der Waals surface area (Å²) in [5, 5.41) is 3.56. The lowest BCUT2D eigenvalue weighted by atomic mass is 9.88. The SMILES string of the molecule is Fc1cc(CNCC2(CCl)CCCC2)ccc1Cl. The van der Waals surface area contributed by atoms with Gasteiger partial charge < -0.3 is 5.32 Å². The highest BCUT2D eigenvalue weighted by Gasteiger charge is 2.32. The number of alkyl halides is 1. The van der Waals surface area contributed by atoms with Crippen molar-refractivity contribution in [1.82, 2.24) is 5.32 Å². The van der Waals surface area contributed by atoms with Crippen LogP contribution >= 0.6 is 23.2 Å².